The van der Waals surface area contributed by atoms with Crippen molar-refractivity contribution in [2.45, 2.75) is 39.1 Å². The molecule has 2 aliphatic rings. The van der Waals surface area contributed by atoms with Gasteiger partial charge in [0.25, 0.3) is 0 Å². The summed E-state index contributed by atoms with van der Waals surface area (Å²) in [5, 5.41) is 2.19. The maximum absolute atomic E-state index is 6.45. The van der Waals surface area contributed by atoms with E-state index in [1.54, 1.807) is 0 Å². The van der Waals surface area contributed by atoms with Crippen molar-refractivity contribution < 1.29 is 9.47 Å². The van der Waals surface area contributed by atoms with Gasteiger partial charge in [-0.15, -0.1) is 0 Å². The molecular formula is C26H26N2O2. The maximum atomic E-state index is 6.45. The minimum absolute atomic E-state index is 0.0999. The molecule has 0 unspecified atom stereocenters. The van der Waals surface area contributed by atoms with Crippen molar-refractivity contribution in [2.75, 3.05) is 0 Å². The van der Waals surface area contributed by atoms with Crippen molar-refractivity contribution in [3.8, 4) is 11.5 Å². The molecule has 3 aromatic rings. The molecule has 2 heterocycles. The standard InChI is InChI=1S/C26H26N2O2/c1-17(2)29-21-14-12-20(13-15-21)26-28-24(22-6-4-5-7-25(22)30-26)16-23(27-28)19-10-8-18(3)9-11-19/h4-17,24,26-27H,1-3H3/t24-,26+/m1/s1. The lowest BCUT2D eigenvalue weighted by Crippen LogP contribution is -2.43. The highest BCUT2D eigenvalue weighted by Crippen LogP contribution is 2.45. The third-order valence-corrected chi connectivity index (χ3v) is 5.50. The second-order valence-corrected chi connectivity index (χ2v) is 8.15. The molecule has 30 heavy (non-hydrogen) atoms. The predicted octanol–water partition coefficient (Wildman–Crippen LogP) is 5.78. The second kappa shape index (κ2) is 7.54. The van der Waals surface area contributed by atoms with Crippen LogP contribution >= 0.6 is 0 Å². The molecule has 2 atom stereocenters. The van der Waals surface area contributed by atoms with Crippen LogP contribution in [0.1, 0.15) is 48.4 Å². The highest BCUT2D eigenvalue weighted by molar-refractivity contribution is 5.67. The Kier molecular flexibility index (Phi) is 4.72. The van der Waals surface area contributed by atoms with Gasteiger partial charge in [0.15, 0.2) is 6.23 Å². The van der Waals surface area contributed by atoms with E-state index in [0.29, 0.717) is 0 Å². The summed E-state index contributed by atoms with van der Waals surface area (Å²) in [7, 11) is 0. The van der Waals surface area contributed by atoms with Crippen LogP contribution in [0.5, 0.6) is 11.5 Å². The van der Waals surface area contributed by atoms with Gasteiger partial charge in [0, 0.05) is 11.1 Å². The van der Waals surface area contributed by atoms with Crippen molar-refractivity contribution in [1.29, 1.82) is 0 Å². The van der Waals surface area contributed by atoms with Gasteiger partial charge >= 0.3 is 0 Å². The Bertz CT molecular complexity index is 1070. The molecule has 0 radical (unpaired) electrons. The van der Waals surface area contributed by atoms with E-state index in [4.69, 9.17) is 9.47 Å². The molecule has 0 aromatic heterocycles. The first kappa shape index (κ1) is 18.8. The summed E-state index contributed by atoms with van der Waals surface area (Å²) >= 11 is 0. The second-order valence-electron chi connectivity index (χ2n) is 8.15. The van der Waals surface area contributed by atoms with E-state index < -0.39 is 0 Å². The average Bonchev–Trinajstić information content (AvgIpc) is 3.20. The predicted molar refractivity (Wildman–Crippen MR) is 119 cm³/mol. The number of hydrogen-bond donors (Lipinski definition) is 1. The molecule has 0 aliphatic carbocycles. The lowest BCUT2D eigenvalue weighted by molar-refractivity contribution is -0.0326. The molecule has 0 saturated heterocycles. The van der Waals surface area contributed by atoms with E-state index in [-0.39, 0.29) is 18.4 Å². The van der Waals surface area contributed by atoms with Crippen LogP contribution < -0.4 is 14.9 Å². The minimum atomic E-state index is -0.239. The molecule has 0 bridgehead atoms. The summed E-state index contributed by atoms with van der Waals surface area (Å²) in [5.41, 5.74) is 9.38. The van der Waals surface area contributed by atoms with Crippen LogP contribution in [-0.4, -0.2) is 11.1 Å². The normalized spacial score (nSPS) is 20.1. The fraction of sp³-hybridized carbons (Fsp3) is 0.231. The first-order valence-electron chi connectivity index (χ1n) is 10.4. The van der Waals surface area contributed by atoms with Crippen molar-refractivity contribution in [3.63, 3.8) is 0 Å². The number of benzene rings is 3. The largest absolute Gasteiger partial charge is 0.491 e. The molecule has 0 amide bonds. The molecule has 1 N–H and O–H groups in total. The minimum Gasteiger partial charge on any atom is -0.491 e. The number of nitrogens with one attached hydrogen (secondary N) is 1. The molecule has 4 heteroatoms. The summed E-state index contributed by atoms with van der Waals surface area (Å²) in [4.78, 5) is 0. The van der Waals surface area contributed by atoms with Gasteiger partial charge in [-0.1, -0.05) is 60.2 Å². The van der Waals surface area contributed by atoms with Gasteiger partial charge in [-0.2, -0.15) is 5.01 Å². The number of hydrogen-bond acceptors (Lipinski definition) is 4. The highest BCUT2D eigenvalue weighted by atomic mass is 16.5. The molecular weight excluding hydrogens is 372 g/mol. The number of fused-ring (bicyclic) bond motifs is 3. The van der Waals surface area contributed by atoms with E-state index in [1.807, 2.05) is 38.1 Å². The number of rotatable bonds is 4. The lowest BCUT2D eigenvalue weighted by Gasteiger charge is -2.39. The third-order valence-electron chi connectivity index (χ3n) is 5.50. The number of aryl methyl sites for hydroxylation is 1. The van der Waals surface area contributed by atoms with Gasteiger partial charge in [-0.05, 0) is 50.6 Å². The maximum Gasteiger partial charge on any atom is 0.195 e. The van der Waals surface area contributed by atoms with E-state index in [0.717, 1.165) is 22.8 Å². The van der Waals surface area contributed by atoms with Crippen molar-refractivity contribution in [2.24, 2.45) is 0 Å². The Balaban J connectivity index is 1.50. The number of hydrazine groups is 1. The fourth-order valence-corrected chi connectivity index (χ4v) is 4.04. The zero-order chi connectivity index (χ0) is 20.7. The Labute approximate surface area is 177 Å². The van der Waals surface area contributed by atoms with Crippen molar-refractivity contribution in [3.05, 3.63) is 101 Å². The van der Waals surface area contributed by atoms with Crippen LogP contribution in [0.2, 0.25) is 0 Å². The SMILES string of the molecule is Cc1ccc(C2=C[C@@H]3c4ccccc4O[C@@H](c4ccc(OC(C)C)cc4)N3N2)cc1. The Morgan fingerprint density at radius 1 is 0.933 bits per heavy atom. The fourth-order valence-electron chi connectivity index (χ4n) is 4.04. The molecule has 5 rings (SSSR count). The Hall–Kier alpha value is -3.24. The van der Waals surface area contributed by atoms with E-state index in [2.05, 4.69) is 72.0 Å². The van der Waals surface area contributed by atoms with Gasteiger partial charge in [0.1, 0.15) is 11.5 Å². The van der Waals surface area contributed by atoms with Gasteiger partial charge in [0.2, 0.25) is 0 Å². The monoisotopic (exact) mass is 398 g/mol. The Morgan fingerprint density at radius 3 is 2.40 bits per heavy atom. The van der Waals surface area contributed by atoms with Gasteiger partial charge in [0.05, 0.1) is 17.8 Å². The van der Waals surface area contributed by atoms with Crippen LogP contribution in [0.3, 0.4) is 0 Å². The van der Waals surface area contributed by atoms with Crippen LogP contribution in [-0.2, 0) is 0 Å². The van der Waals surface area contributed by atoms with Crippen LogP contribution in [0.25, 0.3) is 5.70 Å². The molecule has 3 aromatic carbocycles. The summed E-state index contributed by atoms with van der Waals surface area (Å²) in [5.74, 6) is 1.80. The van der Waals surface area contributed by atoms with E-state index in [1.165, 1.54) is 16.7 Å². The van der Waals surface area contributed by atoms with Crippen molar-refractivity contribution in [1.82, 2.24) is 10.4 Å². The molecule has 0 fully saturated rings. The van der Waals surface area contributed by atoms with Crippen molar-refractivity contribution >= 4 is 5.70 Å². The zero-order valence-corrected chi connectivity index (χ0v) is 17.5. The molecule has 4 nitrogen and oxygen atoms in total. The van der Waals surface area contributed by atoms with Crippen LogP contribution in [0.4, 0.5) is 0 Å². The summed E-state index contributed by atoms with van der Waals surface area (Å²) in [6, 6.07) is 25.2. The lowest BCUT2D eigenvalue weighted by atomic mass is 10.0. The zero-order valence-electron chi connectivity index (χ0n) is 17.5. The molecule has 152 valence electrons. The van der Waals surface area contributed by atoms with E-state index >= 15 is 0 Å². The van der Waals surface area contributed by atoms with Crippen LogP contribution in [0.15, 0.2) is 78.9 Å². The number of para-hydroxylation sites is 1. The van der Waals surface area contributed by atoms with Crippen LogP contribution in [0, 0.1) is 6.92 Å². The quantitative estimate of drug-likeness (QED) is 0.604. The topological polar surface area (TPSA) is 33.7 Å². The third kappa shape index (κ3) is 3.44. The first-order chi connectivity index (χ1) is 14.6. The number of nitrogens with zero attached hydrogens (tertiary/aromatic N) is 1. The van der Waals surface area contributed by atoms with Gasteiger partial charge in [-0.25, -0.2) is 0 Å². The first-order valence-corrected chi connectivity index (χ1v) is 10.4. The Morgan fingerprint density at radius 2 is 1.67 bits per heavy atom. The smallest absolute Gasteiger partial charge is 0.195 e. The molecule has 0 spiro atoms. The molecule has 2 aliphatic heterocycles. The highest BCUT2D eigenvalue weighted by Gasteiger charge is 2.39. The summed E-state index contributed by atoms with van der Waals surface area (Å²) in [6.45, 7) is 6.18. The van der Waals surface area contributed by atoms with Gasteiger partial charge in [-0.3, -0.25) is 0 Å². The summed E-state index contributed by atoms with van der Waals surface area (Å²) in [6.07, 6.45) is 2.20. The summed E-state index contributed by atoms with van der Waals surface area (Å²) < 4.78 is 12.2. The number of ether oxygens (including phenoxy) is 2. The molecule has 0 saturated carbocycles. The van der Waals surface area contributed by atoms with E-state index in [9.17, 15) is 0 Å². The average molecular weight is 399 g/mol. The van der Waals surface area contributed by atoms with Gasteiger partial charge < -0.3 is 14.9 Å².